The molecule has 0 unspecified atom stereocenters. The van der Waals surface area contributed by atoms with Crippen LogP contribution in [0.5, 0.6) is 11.5 Å². The molecule has 5 rings (SSSR count). The van der Waals surface area contributed by atoms with Crippen LogP contribution in [0.25, 0.3) is 17.1 Å². The number of carbonyl (C=O) groups is 1. The lowest BCUT2D eigenvalue weighted by atomic mass is 10.2. The van der Waals surface area contributed by atoms with Crippen LogP contribution in [0, 0.1) is 0 Å². The van der Waals surface area contributed by atoms with Crippen molar-refractivity contribution in [3.8, 4) is 28.6 Å². The molecule has 0 spiro atoms. The fraction of sp³-hybridized carbons (Fsp3) is 0.125. The first kappa shape index (κ1) is 21.4. The number of nitrogens with one attached hydrogen (secondary N) is 1. The summed E-state index contributed by atoms with van der Waals surface area (Å²) in [5.41, 5.74) is 2.74. The molecule has 1 aliphatic heterocycles. The number of nitrogens with zero attached hydrogens (tertiary/aromatic N) is 3. The number of aromatic nitrogens is 3. The number of carbonyl (C=O) groups excluding carboxylic acids is 1. The molecule has 0 radical (unpaired) electrons. The Morgan fingerprint density at radius 1 is 1.00 bits per heavy atom. The number of rotatable bonds is 7. The van der Waals surface area contributed by atoms with Gasteiger partial charge in [-0.2, -0.15) is 0 Å². The zero-order valence-corrected chi connectivity index (χ0v) is 19.0. The van der Waals surface area contributed by atoms with Crippen LogP contribution >= 0.6 is 23.4 Å². The number of benzene rings is 3. The summed E-state index contributed by atoms with van der Waals surface area (Å²) in [6.45, 7) is 0.621. The van der Waals surface area contributed by atoms with E-state index in [0.29, 0.717) is 28.3 Å². The Morgan fingerprint density at radius 3 is 2.61 bits per heavy atom. The monoisotopic (exact) mass is 478 g/mol. The van der Waals surface area contributed by atoms with Crippen LogP contribution in [0.4, 0.5) is 0 Å². The summed E-state index contributed by atoms with van der Waals surface area (Å²) >= 11 is 7.40. The molecule has 1 aromatic heterocycles. The standard InChI is InChI=1S/C24H19ClN4O3S/c25-18-7-9-19(10-8-18)29-23(17-4-2-1-3-5-17)27-28-24(29)33-14-22(30)26-13-16-6-11-20-21(12-16)32-15-31-20/h1-12H,13-15H2,(H,26,30). The fourth-order valence-electron chi connectivity index (χ4n) is 3.39. The fourth-order valence-corrected chi connectivity index (χ4v) is 4.30. The van der Waals surface area contributed by atoms with E-state index >= 15 is 0 Å². The third kappa shape index (κ3) is 4.81. The van der Waals surface area contributed by atoms with Crippen molar-refractivity contribution in [3.05, 3.63) is 83.4 Å². The minimum absolute atomic E-state index is 0.107. The van der Waals surface area contributed by atoms with E-state index in [4.69, 9.17) is 21.1 Å². The maximum atomic E-state index is 12.5. The van der Waals surface area contributed by atoms with Gasteiger partial charge in [0.15, 0.2) is 22.5 Å². The number of thioether (sulfide) groups is 1. The van der Waals surface area contributed by atoms with Gasteiger partial charge in [-0.3, -0.25) is 9.36 Å². The molecule has 1 aliphatic rings. The van der Waals surface area contributed by atoms with Crippen molar-refractivity contribution in [1.29, 1.82) is 0 Å². The summed E-state index contributed by atoms with van der Waals surface area (Å²) in [6, 6.07) is 22.9. The summed E-state index contributed by atoms with van der Waals surface area (Å²) in [7, 11) is 0. The SMILES string of the molecule is O=C(CSc1nnc(-c2ccccc2)n1-c1ccc(Cl)cc1)NCc1ccc2c(c1)OCO2. The van der Waals surface area contributed by atoms with Gasteiger partial charge in [0, 0.05) is 22.8 Å². The van der Waals surface area contributed by atoms with Gasteiger partial charge < -0.3 is 14.8 Å². The van der Waals surface area contributed by atoms with Gasteiger partial charge in [0.1, 0.15) is 0 Å². The first-order chi connectivity index (χ1) is 16.2. The second-order valence-corrected chi connectivity index (χ2v) is 8.62. The van der Waals surface area contributed by atoms with E-state index in [1.54, 1.807) is 0 Å². The van der Waals surface area contributed by atoms with E-state index < -0.39 is 0 Å². The van der Waals surface area contributed by atoms with E-state index in [0.717, 1.165) is 22.6 Å². The Balaban J connectivity index is 1.30. The number of fused-ring (bicyclic) bond motifs is 1. The Kier molecular flexibility index (Phi) is 6.19. The Bertz CT molecular complexity index is 1280. The lowest BCUT2D eigenvalue weighted by Gasteiger charge is -2.11. The van der Waals surface area contributed by atoms with Crippen LogP contribution in [0.3, 0.4) is 0 Å². The van der Waals surface area contributed by atoms with Crippen LogP contribution in [0.2, 0.25) is 5.02 Å². The zero-order valence-electron chi connectivity index (χ0n) is 17.4. The van der Waals surface area contributed by atoms with Gasteiger partial charge in [-0.25, -0.2) is 0 Å². The highest BCUT2D eigenvalue weighted by molar-refractivity contribution is 7.99. The van der Waals surface area contributed by atoms with Crippen molar-refractivity contribution in [2.75, 3.05) is 12.5 Å². The van der Waals surface area contributed by atoms with Crippen LogP contribution in [-0.4, -0.2) is 33.2 Å². The lowest BCUT2D eigenvalue weighted by molar-refractivity contribution is -0.118. The van der Waals surface area contributed by atoms with Crippen molar-refractivity contribution in [2.45, 2.75) is 11.7 Å². The van der Waals surface area contributed by atoms with Crippen molar-refractivity contribution in [1.82, 2.24) is 20.1 Å². The molecule has 1 N–H and O–H groups in total. The molecule has 0 atom stereocenters. The smallest absolute Gasteiger partial charge is 0.231 e. The first-order valence-corrected chi connectivity index (χ1v) is 11.6. The average molecular weight is 479 g/mol. The van der Waals surface area contributed by atoms with Crippen LogP contribution < -0.4 is 14.8 Å². The maximum absolute atomic E-state index is 12.5. The summed E-state index contributed by atoms with van der Waals surface area (Å²) in [6.07, 6.45) is 0. The quantitative estimate of drug-likeness (QED) is 0.387. The van der Waals surface area contributed by atoms with E-state index in [-0.39, 0.29) is 18.5 Å². The molecule has 7 nitrogen and oxygen atoms in total. The molecule has 0 aliphatic carbocycles. The highest BCUT2D eigenvalue weighted by Gasteiger charge is 2.18. The predicted octanol–water partition coefficient (Wildman–Crippen LogP) is 4.72. The average Bonchev–Trinajstić information content (AvgIpc) is 3.49. The minimum atomic E-state index is -0.107. The molecule has 1 amide bonds. The van der Waals surface area contributed by atoms with Gasteiger partial charge in [0.2, 0.25) is 12.7 Å². The largest absolute Gasteiger partial charge is 0.454 e. The van der Waals surface area contributed by atoms with E-state index in [9.17, 15) is 4.79 Å². The molecule has 0 saturated carbocycles. The first-order valence-electron chi connectivity index (χ1n) is 10.2. The van der Waals surface area contributed by atoms with Gasteiger partial charge >= 0.3 is 0 Å². The highest BCUT2D eigenvalue weighted by Crippen LogP contribution is 2.32. The predicted molar refractivity (Wildman–Crippen MR) is 127 cm³/mol. The normalized spacial score (nSPS) is 12.0. The topological polar surface area (TPSA) is 78.3 Å². The van der Waals surface area contributed by atoms with Crippen LogP contribution in [0.15, 0.2) is 78.0 Å². The van der Waals surface area contributed by atoms with E-state index in [2.05, 4.69) is 15.5 Å². The lowest BCUT2D eigenvalue weighted by Crippen LogP contribution is -2.24. The second-order valence-electron chi connectivity index (χ2n) is 7.24. The van der Waals surface area contributed by atoms with Gasteiger partial charge in [-0.05, 0) is 42.0 Å². The van der Waals surface area contributed by atoms with Crippen molar-refractivity contribution >= 4 is 29.3 Å². The number of halogens is 1. The Hall–Kier alpha value is -3.49. The van der Waals surface area contributed by atoms with Crippen molar-refractivity contribution in [3.63, 3.8) is 0 Å². The number of ether oxygens (including phenoxy) is 2. The summed E-state index contributed by atoms with van der Waals surface area (Å²) in [5.74, 6) is 2.20. The molecule has 9 heteroatoms. The zero-order chi connectivity index (χ0) is 22.6. The molecular formula is C24H19ClN4O3S. The second kappa shape index (κ2) is 9.56. The molecule has 0 saturated heterocycles. The van der Waals surface area contributed by atoms with Gasteiger partial charge in [-0.1, -0.05) is 59.8 Å². The maximum Gasteiger partial charge on any atom is 0.231 e. The van der Waals surface area contributed by atoms with Crippen LogP contribution in [-0.2, 0) is 11.3 Å². The third-order valence-electron chi connectivity index (χ3n) is 5.01. The molecule has 33 heavy (non-hydrogen) atoms. The van der Waals surface area contributed by atoms with Crippen molar-refractivity contribution < 1.29 is 14.3 Å². The number of amides is 1. The summed E-state index contributed by atoms with van der Waals surface area (Å²) in [5, 5.41) is 12.9. The molecule has 4 aromatic rings. The Morgan fingerprint density at radius 2 is 1.79 bits per heavy atom. The van der Waals surface area contributed by atoms with E-state index in [1.807, 2.05) is 77.4 Å². The van der Waals surface area contributed by atoms with Gasteiger partial charge in [0.05, 0.1) is 5.75 Å². The minimum Gasteiger partial charge on any atom is -0.454 e. The van der Waals surface area contributed by atoms with Gasteiger partial charge in [0.25, 0.3) is 0 Å². The molecule has 3 aromatic carbocycles. The van der Waals surface area contributed by atoms with Crippen LogP contribution in [0.1, 0.15) is 5.56 Å². The number of hydrogen-bond acceptors (Lipinski definition) is 6. The summed E-state index contributed by atoms with van der Waals surface area (Å²) < 4.78 is 12.6. The van der Waals surface area contributed by atoms with Gasteiger partial charge in [-0.15, -0.1) is 10.2 Å². The molecule has 166 valence electrons. The number of hydrogen-bond donors (Lipinski definition) is 1. The molecule has 0 bridgehead atoms. The molecule has 0 fully saturated rings. The molecular weight excluding hydrogens is 460 g/mol. The summed E-state index contributed by atoms with van der Waals surface area (Å²) in [4.78, 5) is 12.5. The van der Waals surface area contributed by atoms with Crippen molar-refractivity contribution in [2.24, 2.45) is 0 Å². The third-order valence-corrected chi connectivity index (χ3v) is 6.19. The van der Waals surface area contributed by atoms with E-state index in [1.165, 1.54) is 11.8 Å². The highest BCUT2D eigenvalue weighted by atomic mass is 35.5. The Labute approximate surface area is 199 Å². The molecule has 2 heterocycles.